The highest BCUT2D eigenvalue weighted by Gasteiger charge is 2.09. The molecule has 1 rings (SSSR count). The van der Waals surface area contributed by atoms with Crippen LogP contribution in [-0.4, -0.2) is 5.11 Å². The van der Waals surface area contributed by atoms with E-state index in [0.717, 1.165) is 0 Å². The minimum absolute atomic E-state index is 0.0343. The van der Waals surface area contributed by atoms with Gasteiger partial charge in [0.15, 0.2) is 5.75 Å². The summed E-state index contributed by atoms with van der Waals surface area (Å²) < 4.78 is 5.40. The summed E-state index contributed by atoms with van der Waals surface area (Å²) >= 11 is 0. The Morgan fingerprint density at radius 1 is 1.39 bits per heavy atom. The number of aliphatic hydroxyl groups is 1. The first-order chi connectivity index (χ1) is 8.43. The summed E-state index contributed by atoms with van der Waals surface area (Å²) in [5.41, 5.74) is 12.2. The van der Waals surface area contributed by atoms with Crippen LogP contribution >= 0.6 is 0 Å². The van der Waals surface area contributed by atoms with E-state index in [1.807, 2.05) is 6.07 Å². The Labute approximate surface area is 105 Å². The number of nitrogens with zero attached hydrogens (tertiary/aromatic N) is 1. The molecule has 5 heteroatoms. The van der Waals surface area contributed by atoms with Gasteiger partial charge in [-0.25, -0.2) is 0 Å². The van der Waals surface area contributed by atoms with E-state index in [9.17, 15) is 0 Å². The normalized spacial score (nSPS) is 10.5. The molecule has 18 heavy (non-hydrogen) atoms. The van der Waals surface area contributed by atoms with Crippen molar-refractivity contribution in [2.45, 2.75) is 0 Å². The third kappa shape index (κ3) is 3.32. The first-order valence-corrected chi connectivity index (χ1v) is 4.96. The molecule has 0 spiro atoms. The molecule has 5 nitrogen and oxygen atoms in total. The van der Waals surface area contributed by atoms with Crippen LogP contribution in [0.25, 0.3) is 0 Å². The SMILES string of the molecule is C=C(O)/C=C(/Oc1cc(N)ccc1N)C(=C)C#N. The van der Waals surface area contributed by atoms with E-state index in [1.54, 1.807) is 12.1 Å². The fourth-order valence-electron chi connectivity index (χ4n) is 1.14. The highest BCUT2D eigenvalue weighted by atomic mass is 16.5. The Morgan fingerprint density at radius 3 is 2.61 bits per heavy atom. The second-order valence-electron chi connectivity index (χ2n) is 3.49. The van der Waals surface area contributed by atoms with E-state index in [2.05, 4.69) is 13.2 Å². The molecule has 1 aromatic rings. The zero-order valence-electron chi connectivity index (χ0n) is 9.68. The van der Waals surface area contributed by atoms with Crippen molar-refractivity contribution in [1.82, 2.24) is 0 Å². The summed E-state index contributed by atoms with van der Waals surface area (Å²) in [5, 5.41) is 17.9. The van der Waals surface area contributed by atoms with Gasteiger partial charge in [-0.3, -0.25) is 0 Å². The van der Waals surface area contributed by atoms with Gasteiger partial charge < -0.3 is 21.3 Å². The van der Waals surface area contributed by atoms with Crippen molar-refractivity contribution in [2.24, 2.45) is 0 Å². The first kappa shape index (κ1) is 13.2. The Hall–Kier alpha value is -2.87. The van der Waals surface area contributed by atoms with Crippen molar-refractivity contribution in [3.8, 4) is 11.8 Å². The number of aliphatic hydroxyl groups excluding tert-OH is 1. The third-order valence-electron chi connectivity index (χ3n) is 1.99. The number of ether oxygens (including phenoxy) is 1. The second kappa shape index (κ2) is 5.46. The van der Waals surface area contributed by atoms with Gasteiger partial charge in [0, 0.05) is 17.8 Å². The number of nitrogens with two attached hydrogens (primary N) is 2. The summed E-state index contributed by atoms with van der Waals surface area (Å²) in [6.07, 6.45) is 1.17. The van der Waals surface area contributed by atoms with Gasteiger partial charge in [0.2, 0.25) is 0 Å². The van der Waals surface area contributed by atoms with Crippen LogP contribution in [0.4, 0.5) is 11.4 Å². The molecule has 0 heterocycles. The lowest BCUT2D eigenvalue weighted by Crippen LogP contribution is -2.01. The Bertz CT molecular complexity index is 568. The molecule has 0 atom stereocenters. The molecule has 1 aromatic carbocycles. The van der Waals surface area contributed by atoms with Crippen molar-refractivity contribution in [3.05, 3.63) is 54.5 Å². The van der Waals surface area contributed by atoms with Gasteiger partial charge in [0.05, 0.1) is 11.3 Å². The Kier molecular flexibility index (Phi) is 4.00. The van der Waals surface area contributed by atoms with Crippen LogP contribution in [0.3, 0.4) is 0 Å². The predicted octanol–water partition coefficient (Wildman–Crippen LogP) is 2.27. The molecule has 0 saturated carbocycles. The largest absolute Gasteiger partial charge is 0.508 e. The van der Waals surface area contributed by atoms with Crippen molar-refractivity contribution in [3.63, 3.8) is 0 Å². The smallest absolute Gasteiger partial charge is 0.152 e. The van der Waals surface area contributed by atoms with E-state index in [1.165, 1.54) is 12.1 Å². The summed E-state index contributed by atoms with van der Waals surface area (Å²) in [7, 11) is 0. The molecular formula is C13H13N3O2. The average Bonchev–Trinajstić information content (AvgIpc) is 2.31. The quantitative estimate of drug-likeness (QED) is 0.325. The maximum Gasteiger partial charge on any atom is 0.152 e. The van der Waals surface area contributed by atoms with E-state index in [4.69, 9.17) is 26.6 Å². The Balaban J connectivity index is 3.12. The molecule has 0 unspecified atom stereocenters. The summed E-state index contributed by atoms with van der Waals surface area (Å²) in [6.45, 7) is 6.78. The predicted molar refractivity (Wildman–Crippen MR) is 70.5 cm³/mol. The first-order valence-electron chi connectivity index (χ1n) is 4.96. The lowest BCUT2D eigenvalue weighted by atomic mass is 10.2. The van der Waals surface area contributed by atoms with Gasteiger partial charge in [0.1, 0.15) is 17.6 Å². The van der Waals surface area contributed by atoms with Gasteiger partial charge in [-0.2, -0.15) is 5.26 Å². The zero-order valence-corrected chi connectivity index (χ0v) is 9.68. The molecule has 0 aliphatic rings. The molecule has 0 amide bonds. The van der Waals surface area contributed by atoms with Crippen LogP contribution in [-0.2, 0) is 0 Å². The molecule has 0 fully saturated rings. The number of anilines is 2. The van der Waals surface area contributed by atoms with Crippen molar-refractivity contribution >= 4 is 11.4 Å². The number of hydrogen-bond acceptors (Lipinski definition) is 5. The molecular weight excluding hydrogens is 230 g/mol. The number of allylic oxidation sites excluding steroid dienone is 2. The van der Waals surface area contributed by atoms with E-state index in [-0.39, 0.29) is 22.8 Å². The molecule has 5 N–H and O–H groups in total. The van der Waals surface area contributed by atoms with Crippen LogP contribution in [0.5, 0.6) is 5.75 Å². The summed E-state index contributed by atoms with van der Waals surface area (Å²) in [6, 6.07) is 6.52. The molecule has 92 valence electrons. The minimum atomic E-state index is -0.260. The number of nitrogen functional groups attached to an aromatic ring is 2. The fraction of sp³-hybridized carbons (Fsp3) is 0. The number of rotatable bonds is 4. The van der Waals surface area contributed by atoms with Gasteiger partial charge in [-0.15, -0.1) is 0 Å². The van der Waals surface area contributed by atoms with Crippen LogP contribution in [0, 0.1) is 11.3 Å². The molecule has 0 bridgehead atoms. The lowest BCUT2D eigenvalue weighted by Gasteiger charge is -2.11. The molecule has 0 aliphatic carbocycles. The average molecular weight is 243 g/mol. The Morgan fingerprint density at radius 2 is 2.06 bits per heavy atom. The van der Waals surface area contributed by atoms with E-state index < -0.39 is 0 Å². The summed E-state index contributed by atoms with van der Waals surface area (Å²) in [4.78, 5) is 0. The second-order valence-corrected chi connectivity index (χ2v) is 3.49. The van der Waals surface area contributed by atoms with Gasteiger partial charge in [0.25, 0.3) is 0 Å². The van der Waals surface area contributed by atoms with Gasteiger partial charge in [-0.1, -0.05) is 13.2 Å². The highest BCUT2D eigenvalue weighted by molar-refractivity contribution is 5.60. The fourth-order valence-corrected chi connectivity index (χ4v) is 1.14. The van der Waals surface area contributed by atoms with Crippen molar-refractivity contribution < 1.29 is 9.84 Å². The molecule has 0 saturated heterocycles. The molecule has 0 radical (unpaired) electrons. The van der Waals surface area contributed by atoms with Crippen LogP contribution < -0.4 is 16.2 Å². The monoisotopic (exact) mass is 243 g/mol. The zero-order chi connectivity index (χ0) is 13.7. The highest BCUT2D eigenvalue weighted by Crippen LogP contribution is 2.27. The van der Waals surface area contributed by atoms with Gasteiger partial charge >= 0.3 is 0 Å². The lowest BCUT2D eigenvalue weighted by molar-refractivity contribution is 0.412. The van der Waals surface area contributed by atoms with Crippen LogP contribution in [0.2, 0.25) is 0 Å². The van der Waals surface area contributed by atoms with Crippen LogP contribution in [0.1, 0.15) is 0 Å². The number of nitriles is 1. The minimum Gasteiger partial charge on any atom is -0.508 e. The van der Waals surface area contributed by atoms with Crippen molar-refractivity contribution in [1.29, 1.82) is 5.26 Å². The molecule has 0 aliphatic heterocycles. The van der Waals surface area contributed by atoms with E-state index in [0.29, 0.717) is 11.4 Å². The van der Waals surface area contributed by atoms with Gasteiger partial charge in [-0.05, 0) is 12.1 Å². The van der Waals surface area contributed by atoms with Crippen molar-refractivity contribution in [2.75, 3.05) is 11.5 Å². The standard InChI is InChI=1S/C13H13N3O2/c1-8(7-14)12(5-9(2)17)18-13-6-10(15)3-4-11(13)16/h3-6,17H,1-2,15-16H2/b12-5+. The number of hydrogen-bond donors (Lipinski definition) is 3. The topological polar surface area (TPSA) is 105 Å². The molecule has 0 aromatic heterocycles. The third-order valence-corrected chi connectivity index (χ3v) is 1.99. The number of benzene rings is 1. The maximum absolute atomic E-state index is 9.11. The van der Waals surface area contributed by atoms with Crippen LogP contribution in [0.15, 0.2) is 54.5 Å². The summed E-state index contributed by atoms with van der Waals surface area (Å²) in [5.74, 6) is 0.0741. The maximum atomic E-state index is 9.11. The van der Waals surface area contributed by atoms with E-state index >= 15 is 0 Å².